The highest BCUT2D eigenvalue weighted by Crippen LogP contribution is 2.30. The van der Waals surface area contributed by atoms with Gasteiger partial charge in [0.05, 0.1) is 19.1 Å². The summed E-state index contributed by atoms with van der Waals surface area (Å²) < 4.78 is 13.7. The molecule has 1 N–H and O–H groups in total. The minimum atomic E-state index is -0.145. The zero-order chi connectivity index (χ0) is 28.3. The van der Waals surface area contributed by atoms with Crippen molar-refractivity contribution in [1.82, 2.24) is 0 Å². The van der Waals surface area contributed by atoms with Crippen molar-refractivity contribution in [2.24, 2.45) is 0 Å². The highest BCUT2D eigenvalue weighted by molar-refractivity contribution is 7.07. The number of benzene rings is 2. The van der Waals surface area contributed by atoms with Gasteiger partial charge in [-0.2, -0.15) is 4.57 Å². The Morgan fingerprint density at radius 1 is 0.800 bits per heavy atom. The van der Waals surface area contributed by atoms with Crippen LogP contribution < -0.4 is 19.4 Å². The lowest BCUT2D eigenvalue weighted by Gasteiger charge is -2.13. The van der Waals surface area contributed by atoms with Crippen molar-refractivity contribution in [2.75, 3.05) is 19.0 Å². The van der Waals surface area contributed by atoms with Crippen LogP contribution in [0.2, 0.25) is 0 Å². The predicted octanol–water partition coefficient (Wildman–Crippen LogP) is 9.20. The molecule has 0 aliphatic rings. The van der Waals surface area contributed by atoms with E-state index >= 15 is 0 Å². The van der Waals surface area contributed by atoms with Crippen molar-refractivity contribution >= 4 is 22.9 Å². The number of anilines is 1. The van der Waals surface area contributed by atoms with Crippen LogP contribution in [0.4, 0.5) is 5.69 Å². The zero-order valence-electron chi connectivity index (χ0n) is 24.7. The van der Waals surface area contributed by atoms with E-state index < -0.39 is 0 Å². The number of hydrogen-bond acceptors (Lipinski definition) is 4. The summed E-state index contributed by atoms with van der Waals surface area (Å²) in [5.41, 5.74) is 4.53. The van der Waals surface area contributed by atoms with Crippen molar-refractivity contribution in [2.45, 2.75) is 103 Å². The van der Waals surface area contributed by atoms with E-state index in [0.717, 1.165) is 18.5 Å². The number of unbranched alkanes of at least 4 members (excludes halogenated alkanes) is 13. The monoisotopic (exact) mass is 565 g/mol. The molecule has 0 fully saturated rings. The highest BCUT2D eigenvalue weighted by Gasteiger charge is 2.11. The number of nitrogens with zero attached hydrogens (tertiary/aromatic N) is 1. The van der Waals surface area contributed by atoms with Crippen LogP contribution in [0.25, 0.3) is 0 Å². The van der Waals surface area contributed by atoms with Crippen LogP contribution in [0.5, 0.6) is 11.5 Å². The van der Waals surface area contributed by atoms with Crippen molar-refractivity contribution in [3.8, 4) is 11.5 Å². The van der Waals surface area contributed by atoms with E-state index in [1.165, 1.54) is 83.5 Å². The van der Waals surface area contributed by atoms with Crippen LogP contribution in [0.15, 0.2) is 59.6 Å². The molecule has 218 valence electrons. The fourth-order valence-electron chi connectivity index (χ4n) is 4.87. The first-order valence-corrected chi connectivity index (χ1v) is 16.3. The standard InChI is InChI=1S/C34H48N2O3S/c1-3-4-5-6-7-8-9-10-11-12-13-14-15-16-24-39-32-22-21-31(26-33(32)38-2)35-34(37)30-19-17-29(18-20-30)27-36-23-25-40-28-36/h17-23,25-26,28H,3-16,24,27H2,1-2H3/p+1. The summed E-state index contributed by atoms with van der Waals surface area (Å²) in [6.45, 7) is 3.75. The Kier molecular flexibility index (Phi) is 15.2. The van der Waals surface area contributed by atoms with Crippen molar-refractivity contribution in [3.05, 3.63) is 70.7 Å². The van der Waals surface area contributed by atoms with Crippen LogP contribution in [0.1, 0.15) is 113 Å². The number of amides is 1. The van der Waals surface area contributed by atoms with Crippen molar-refractivity contribution in [3.63, 3.8) is 0 Å². The van der Waals surface area contributed by atoms with Crippen LogP contribution in [0, 0.1) is 0 Å². The fourth-order valence-corrected chi connectivity index (χ4v) is 5.47. The number of ether oxygens (including phenoxy) is 2. The minimum Gasteiger partial charge on any atom is -0.493 e. The number of carbonyl (C=O) groups excluding carboxylic acids is 1. The van der Waals surface area contributed by atoms with E-state index in [1.807, 2.05) is 54.0 Å². The minimum absolute atomic E-state index is 0.145. The Morgan fingerprint density at radius 2 is 1.43 bits per heavy atom. The molecule has 0 aliphatic heterocycles. The number of hydrogen-bond donors (Lipinski definition) is 1. The maximum atomic E-state index is 12.8. The molecule has 0 atom stereocenters. The van der Waals surface area contributed by atoms with Crippen LogP contribution in [-0.2, 0) is 6.54 Å². The van der Waals surface area contributed by atoms with Gasteiger partial charge in [0.25, 0.3) is 5.91 Å². The average molecular weight is 566 g/mol. The van der Waals surface area contributed by atoms with Gasteiger partial charge < -0.3 is 14.8 Å². The summed E-state index contributed by atoms with van der Waals surface area (Å²) in [4.78, 5) is 12.8. The molecule has 6 heteroatoms. The van der Waals surface area contributed by atoms with E-state index in [9.17, 15) is 4.79 Å². The molecule has 3 aromatic rings. The number of rotatable bonds is 21. The van der Waals surface area contributed by atoms with E-state index in [0.29, 0.717) is 29.4 Å². The SMILES string of the molecule is CCCCCCCCCCCCCCCCOc1ccc(NC(=O)c2ccc(C[n+]3ccsc3)cc2)cc1OC. The number of carbonyl (C=O) groups is 1. The van der Waals surface area contributed by atoms with Gasteiger partial charge in [0.2, 0.25) is 5.51 Å². The van der Waals surface area contributed by atoms with E-state index in [-0.39, 0.29) is 5.91 Å². The van der Waals surface area contributed by atoms with Crippen LogP contribution in [-0.4, -0.2) is 19.6 Å². The lowest BCUT2D eigenvalue weighted by Crippen LogP contribution is -2.30. The molecule has 0 bridgehead atoms. The maximum absolute atomic E-state index is 12.8. The van der Waals surface area contributed by atoms with E-state index in [1.54, 1.807) is 18.4 Å². The van der Waals surface area contributed by atoms with Gasteiger partial charge in [0.1, 0.15) is 0 Å². The molecule has 1 amide bonds. The molecule has 1 aromatic heterocycles. The van der Waals surface area contributed by atoms with Crippen molar-refractivity contribution in [1.29, 1.82) is 0 Å². The molecule has 0 aliphatic carbocycles. The third-order valence-electron chi connectivity index (χ3n) is 7.29. The smallest absolute Gasteiger partial charge is 0.255 e. The molecule has 0 radical (unpaired) electrons. The molecule has 40 heavy (non-hydrogen) atoms. The molecule has 2 aromatic carbocycles. The Morgan fingerprint density at radius 3 is 2.00 bits per heavy atom. The summed E-state index contributed by atoms with van der Waals surface area (Å²) in [5, 5.41) is 5.02. The second kappa shape index (κ2) is 19.3. The number of thiazole rings is 1. The van der Waals surface area contributed by atoms with Gasteiger partial charge in [0.15, 0.2) is 24.2 Å². The van der Waals surface area contributed by atoms with Gasteiger partial charge in [-0.3, -0.25) is 4.79 Å². The van der Waals surface area contributed by atoms with Gasteiger partial charge in [-0.25, -0.2) is 0 Å². The quantitative estimate of drug-likeness (QED) is 0.103. The summed E-state index contributed by atoms with van der Waals surface area (Å²) in [6, 6.07) is 13.3. The summed E-state index contributed by atoms with van der Waals surface area (Å²) >= 11 is 1.66. The molecule has 0 spiro atoms. The zero-order valence-corrected chi connectivity index (χ0v) is 25.5. The fraction of sp³-hybridized carbons (Fsp3) is 0.529. The second-order valence-corrected chi connectivity index (χ2v) is 11.4. The van der Waals surface area contributed by atoms with Gasteiger partial charge in [-0.15, -0.1) is 0 Å². The normalized spacial score (nSPS) is 10.9. The van der Waals surface area contributed by atoms with Crippen molar-refractivity contribution < 1.29 is 18.8 Å². The summed E-state index contributed by atoms with van der Waals surface area (Å²) in [7, 11) is 1.63. The van der Waals surface area contributed by atoms with Gasteiger partial charge >= 0.3 is 0 Å². The lowest BCUT2D eigenvalue weighted by molar-refractivity contribution is -0.683. The molecule has 1 heterocycles. The highest BCUT2D eigenvalue weighted by atomic mass is 32.1. The Balaban J connectivity index is 1.28. The van der Waals surface area contributed by atoms with Gasteiger partial charge in [-0.1, -0.05) is 114 Å². The first-order chi connectivity index (χ1) is 19.7. The third kappa shape index (κ3) is 12.1. The number of nitrogens with one attached hydrogen (secondary N) is 1. The molecular formula is C34H49N2O3S+. The third-order valence-corrected chi connectivity index (χ3v) is 7.96. The second-order valence-electron chi connectivity index (χ2n) is 10.7. The van der Waals surface area contributed by atoms with E-state index in [4.69, 9.17) is 9.47 Å². The van der Waals surface area contributed by atoms with Crippen LogP contribution in [0.3, 0.4) is 0 Å². The Bertz CT molecular complexity index is 1080. The molecule has 5 nitrogen and oxygen atoms in total. The lowest BCUT2D eigenvalue weighted by atomic mass is 10.0. The van der Waals surface area contributed by atoms with Crippen LogP contribution >= 0.6 is 11.3 Å². The molecule has 0 unspecified atom stereocenters. The predicted molar refractivity (Wildman–Crippen MR) is 167 cm³/mol. The van der Waals surface area contributed by atoms with Gasteiger partial charge in [-0.05, 0) is 30.7 Å². The van der Waals surface area contributed by atoms with Gasteiger partial charge in [0, 0.05) is 22.9 Å². The number of aromatic nitrogens is 1. The molecule has 0 saturated heterocycles. The van der Waals surface area contributed by atoms with E-state index in [2.05, 4.69) is 22.3 Å². The Hall–Kier alpha value is -2.86. The maximum Gasteiger partial charge on any atom is 0.255 e. The first kappa shape index (κ1) is 31.7. The summed E-state index contributed by atoms with van der Waals surface area (Å²) in [6.07, 6.45) is 20.8. The first-order valence-electron chi connectivity index (χ1n) is 15.3. The number of methoxy groups -OCH3 is 1. The largest absolute Gasteiger partial charge is 0.493 e. The average Bonchev–Trinajstić information content (AvgIpc) is 3.49. The molecular weight excluding hydrogens is 516 g/mol. The topological polar surface area (TPSA) is 51.4 Å². The Labute approximate surface area is 245 Å². The molecule has 3 rings (SSSR count). The summed E-state index contributed by atoms with van der Waals surface area (Å²) in [5.74, 6) is 1.20. The molecule has 0 saturated carbocycles.